The molecule has 2 amide bonds. The first-order valence-electron chi connectivity index (χ1n) is 19.8. The van der Waals surface area contributed by atoms with E-state index in [4.69, 9.17) is 14.2 Å². The first-order chi connectivity index (χ1) is 25.9. The average molecular weight is 789 g/mol. The van der Waals surface area contributed by atoms with Crippen molar-refractivity contribution in [2.24, 2.45) is 5.92 Å². The second-order valence-electron chi connectivity index (χ2n) is 16.0. The monoisotopic (exact) mass is 789 g/mol. The van der Waals surface area contributed by atoms with Crippen molar-refractivity contribution in [1.29, 1.82) is 0 Å². The Labute approximate surface area is 328 Å². The molecule has 17 nitrogen and oxygen atoms in total. The van der Waals surface area contributed by atoms with Gasteiger partial charge in [0.1, 0.15) is 0 Å². The van der Waals surface area contributed by atoms with E-state index in [0.717, 1.165) is 12.8 Å². The minimum atomic E-state index is -1.02. The van der Waals surface area contributed by atoms with Gasteiger partial charge in [0, 0.05) is 78.5 Å². The molecule has 5 N–H and O–H groups in total. The molecule has 0 aromatic carbocycles. The SMILES string of the molecule is CC(C)CCCCNC(=O)CCOC(C)(C)CCOC(C)(C)CCOCCNC(=O)CN1CCN(CC(=O)O)CCN(CC(=O)O)CCN(CC(=O)O)CC1. The van der Waals surface area contributed by atoms with Crippen LogP contribution in [-0.2, 0) is 38.2 Å². The van der Waals surface area contributed by atoms with Gasteiger partial charge in [-0.3, -0.25) is 43.6 Å². The molecular weight excluding hydrogens is 716 g/mol. The van der Waals surface area contributed by atoms with Crippen LogP contribution in [-0.4, -0.2) is 194 Å². The van der Waals surface area contributed by atoms with Crippen LogP contribution in [0.25, 0.3) is 0 Å². The number of nitrogens with one attached hydrogen (secondary N) is 2. The summed E-state index contributed by atoms with van der Waals surface area (Å²) in [4.78, 5) is 66.4. The van der Waals surface area contributed by atoms with Crippen molar-refractivity contribution >= 4 is 29.7 Å². The van der Waals surface area contributed by atoms with Gasteiger partial charge in [0.15, 0.2) is 0 Å². The molecule has 1 heterocycles. The summed E-state index contributed by atoms with van der Waals surface area (Å²) in [7, 11) is 0. The zero-order valence-corrected chi connectivity index (χ0v) is 34.4. The predicted octanol–water partition coefficient (Wildman–Crippen LogP) is 1.30. The fraction of sp³-hybridized carbons (Fsp3) is 0.868. The topological polar surface area (TPSA) is 211 Å². The molecule has 0 bridgehead atoms. The number of carboxylic acids is 3. The van der Waals surface area contributed by atoms with Crippen molar-refractivity contribution in [3.63, 3.8) is 0 Å². The van der Waals surface area contributed by atoms with Gasteiger partial charge in [-0.25, -0.2) is 0 Å². The summed E-state index contributed by atoms with van der Waals surface area (Å²) < 4.78 is 17.9. The van der Waals surface area contributed by atoms with Crippen molar-refractivity contribution in [3.05, 3.63) is 0 Å². The second kappa shape index (κ2) is 27.6. The Morgan fingerprint density at radius 1 is 0.564 bits per heavy atom. The summed E-state index contributed by atoms with van der Waals surface area (Å²) in [6.45, 7) is 16.9. The van der Waals surface area contributed by atoms with Crippen molar-refractivity contribution in [1.82, 2.24) is 30.2 Å². The van der Waals surface area contributed by atoms with Gasteiger partial charge in [-0.1, -0.05) is 26.7 Å². The zero-order chi connectivity index (χ0) is 41.3. The van der Waals surface area contributed by atoms with Gasteiger partial charge in [0.2, 0.25) is 11.8 Å². The normalized spacial score (nSPS) is 16.3. The molecule has 0 unspecified atom stereocenters. The fourth-order valence-electron chi connectivity index (χ4n) is 5.86. The third-order valence-electron chi connectivity index (χ3n) is 9.34. The lowest BCUT2D eigenvalue weighted by molar-refractivity contribution is -0.140. The zero-order valence-electron chi connectivity index (χ0n) is 34.4. The van der Waals surface area contributed by atoms with Crippen molar-refractivity contribution < 1.29 is 53.5 Å². The van der Waals surface area contributed by atoms with Crippen molar-refractivity contribution in [2.75, 3.05) is 118 Å². The number of amides is 2. The molecule has 0 aliphatic carbocycles. The van der Waals surface area contributed by atoms with Crippen LogP contribution in [0.1, 0.15) is 80.1 Å². The van der Waals surface area contributed by atoms with E-state index in [-0.39, 0.29) is 38.0 Å². The number of aliphatic carboxylic acids is 3. The molecule has 0 aromatic heterocycles. The summed E-state index contributed by atoms with van der Waals surface area (Å²) in [6, 6.07) is 0. The van der Waals surface area contributed by atoms with E-state index in [1.807, 2.05) is 32.6 Å². The van der Waals surface area contributed by atoms with Crippen LogP contribution < -0.4 is 10.6 Å². The summed E-state index contributed by atoms with van der Waals surface area (Å²) in [5.41, 5.74) is -0.875. The van der Waals surface area contributed by atoms with Crippen LogP contribution in [0.15, 0.2) is 0 Å². The molecule has 0 saturated carbocycles. The first-order valence-corrected chi connectivity index (χ1v) is 19.8. The number of unbranched alkanes of at least 4 members (excludes halogenated alkanes) is 1. The summed E-state index contributed by atoms with van der Waals surface area (Å²) >= 11 is 0. The van der Waals surface area contributed by atoms with E-state index < -0.39 is 29.1 Å². The molecule has 1 aliphatic heterocycles. The van der Waals surface area contributed by atoms with Gasteiger partial charge >= 0.3 is 17.9 Å². The Balaban J connectivity index is 2.44. The summed E-state index contributed by atoms with van der Waals surface area (Å²) in [5.74, 6) is -2.57. The maximum Gasteiger partial charge on any atom is 0.317 e. The van der Waals surface area contributed by atoms with Crippen LogP contribution in [0.5, 0.6) is 0 Å². The van der Waals surface area contributed by atoms with E-state index in [9.17, 15) is 39.3 Å². The molecule has 320 valence electrons. The molecule has 1 saturated heterocycles. The largest absolute Gasteiger partial charge is 0.480 e. The quantitative estimate of drug-likeness (QED) is 0.0743. The van der Waals surface area contributed by atoms with Gasteiger partial charge in [-0.15, -0.1) is 0 Å². The average Bonchev–Trinajstić information content (AvgIpc) is 3.06. The van der Waals surface area contributed by atoms with E-state index in [2.05, 4.69) is 24.5 Å². The van der Waals surface area contributed by atoms with E-state index in [0.29, 0.717) is 117 Å². The van der Waals surface area contributed by atoms with E-state index in [1.165, 1.54) is 6.42 Å². The highest BCUT2D eigenvalue weighted by Crippen LogP contribution is 2.20. The number of carbonyl (C=O) groups excluding carboxylic acids is 2. The van der Waals surface area contributed by atoms with Gasteiger partial charge in [-0.2, -0.15) is 0 Å². The molecule has 1 aliphatic rings. The Kier molecular flexibility index (Phi) is 25.2. The Morgan fingerprint density at radius 3 is 1.44 bits per heavy atom. The second-order valence-corrected chi connectivity index (χ2v) is 16.0. The van der Waals surface area contributed by atoms with Gasteiger partial charge in [0.25, 0.3) is 0 Å². The van der Waals surface area contributed by atoms with Crippen LogP contribution in [0.4, 0.5) is 0 Å². The number of rotatable bonds is 27. The minimum Gasteiger partial charge on any atom is -0.480 e. The van der Waals surface area contributed by atoms with Crippen LogP contribution in [0, 0.1) is 5.92 Å². The van der Waals surface area contributed by atoms with Crippen LogP contribution in [0.3, 0.4) is 0 Å². The Morgan fingerprint density at radius 2 is 0.982 bits per heavy atom. The summed E-state index contributed by atoms with van der Waals surface area (Å²) in [6.07, 6.45) is 4.91. The van der Waals surface area contributed by atoms with Gasteiger partial charge in [-0.05, 0) is 52.9 Å². The lowest BCUT2D eigenvalue weighted by atomic mass is 10.0. The van der Waals surface area contributed by atoms with E-state index >= 15 is 0 Å². The highest BCUT2D eigenvalue weighted by Gasteiger charge is 2.24. The number of nitrogens with zero attached hydrogens (tertiary/aromatic N) is 4. The predicted molar refractivity (Wildman–Crippen MR) is 208 cm³/mol. The molecule has 17 heteroatoms. The third kappa shape index (κ3) is 28.2. The molecule has 1 fully saturated rings. The molecule has 55 heavy (non-hydrogen) atoms. The number of hydrogen-bond acceptors (Lipinski definition) is 12. The molecular formula is C38H72N6O11. The molecule has 1 rings (SSSR count). The smallest absolute Gasteiger partial charge is 0.317 e. The highest BCUT2D eigenvalue weighted by atomic mass is 16.5. The van der Waals surface area contributed by atoms with Crippen LogP contribution >= 0.6 is 0 Å². The van der Waals surface area contributed by atoms with E-state index in [1.54, 1.807) is 14.7 Å². The maximum atomic E-state index is 12.9. The molecule has 0 spiro atoms. The van der Waals surface area contributed by atoms with Gasteiger partial charge < -0.3 is 40.2 Å². The first kappa shape index (κ1) is 50.1. The number of ether oxygens (including phenoxy) is 3. The highest BCUT2D eigenvalue weighted by molar-refractivity contribution is 5.78. The molecule has 0 radical (unpaired) electrons. The number of carbonyl (C=O) groups is 5. The fourth-order valence-corrected chi connectivity index (χ4v) is 5.86. The van der Waals surface area contributed by atoms with Crippen molar-refractivity contribution in [3.8, 4) is 0 Å². The number of hydrogen-bond donors (Lipinski definition) is 5. The lowest BCUT2D eigenvalue weighted by Crippen LogP contribution is -2.50. The van der Waals surface area contributed by atoms with Crippen LogP contribution in [0.2, 0.25) is 0 Å². The Bertz CT molecular complexity index is 1110. The number of carboxylic acid groups (broad SMARTS) is 3. The molecule has 0 atom stereocenters. The summed E-state index contributed by atoms with van der Waals surface area (Å²) in [5, 5.41) is 34.0. The Hall–Kier alpha value is -2.93. The molecule has 0 aromatic rings. The minimum absolute atomic E-state index is 0.00788. The van der Waals surface area contributed by atoms with Gasteiger partial charge in [0.05, 0.1) is 57.2 Å². The maximum absolute atomic E-state index is 12.9. The lowest BCUT2D eigenvalue weighted by Gasteiger charge is -2.32. The third-order valence-corrected chi connectivity index (χ3v) is 9.34. The van der Waals surface area contributed by atoms with Crippen molar-refractivity contribution in [2.45, 2.75) is 91.3 Å². The standard InChI is InChI=1S/C38H72N6O11/c1-31(2)9-7-8-13-39-32(45)10-23-54-38(5,6)12-25-55-37(3,4)11-24-53-26-14-40-33(46)27-41-15-17-42(28-34(47)48)19-21-44(30-36(51)52)22-20-43(18-16-41)29-35(49)50/h31H,7-30H2,1-6H3,(H,39,45)(H,40,46)(H,47,48)(H,49,50)(H,51,52).